The lowest BCUT2D eigenvalue weighted by molar-refractivity contribution is 0.0210. The molecule has 2 nitrogen and oxygen atoms in total. The van der Waals surface area contributed by atoms with Crippen LogP contribution in [0.15, 0.2) is 0 Å². The molecule has 0 bridgehead atoms. The Balaban J connectivity index is 2.00. The topological polar surface area (TPSA) is 21.3 Å². The Bertz CT molecular complexity index is 147. The van der Waals surface area contributed by atoms with Gasteiger partial charge in [-0.25, -0.2) is 0 Å². The van der Waals surface area contributed by atoms with Gasteiger partial charge in [-0.05, 0) is 45.1 Å². The normalized spacial score (nSPS) is 28.3. The average Bonchev–Trinajstić information content (AvgIpc) is 2.12. The average molecular weight is 199 g/mol. The van der Waals surface area contributed by atoms with Gasteiger partial charge in [0.15, 0.2) is 0 Å². The smallest absolute Gasteiger partial charge is 0.0602 e. The molecule has 0 saturated carbocycles. The summed E-state index contributed by atoms with van der Waals surface area (Å²) < 4.78 is 5.86. The molecule has 0 aromatic rings. The highest BCUT2D eigenvalue weighted by molar-refractivity contribution is 4.75. The van der Waals surface area contributed by atoms with Crippen LogP contribution in [-0.2, 0) is 4.74 Å². The maximum atomic E-state index is 5.86. The van der Waals surface area contributed by atoms with E-state index in [1.165, 1.54) is 25.7 Å². The SMILES string of the molecule is CC(C)CCCOC1CCNC(C)C1. The van der Waals surface area contributed by atoms with Crippen molar-refractivity contribution in [2.75, 3.05) is 13.2 Å². The van der Waals surface area contributed by atoms with Gasteiger partial charge in [-0.15, -0.1) is 0 Å². The third-order valence-corrected chi connectivity index (χ3v) is 2.85. The molecule has 14 heavy (non-hydrogen) atoms. The first kappa shape index (κ1) is 12.0. The van der Waals surface area contributed by atoms with Gasteiger partial charge >= 0.3 is 0 Å². The highest BCUT2D eigenvalue weighted by Crippen LogP contribution is 2.13. The first-order valence-electron chi connectivity index (χ1n) is 6.03. The molecular weight excluding hydrogens is 174 g/mol. The van der Waals surface area contributed by atoms with E-state index in [1.54, 1.807) is 0 Å². The van der Waals surface area contributed by atoms with Crippen LogP contribution in [0.25, 0.3) is 0 Å². The number of piperidine rings is 1. The zero-order valence-electron chi connectivity index (χ0n) is 9.88. The molecule has 1 fully saturated rings. The molecule has 0 aliphatic carbocycles. The Morgan fingerprint density at radius 3 is 2.86 bits per heavy atom. The van der Waals surface area contributed by atoms with E-state index in [-0.39, 0.29) is 0 Å². The van der Waals surface area contributed by atoms with Gasteiger partial charge < -0.3 is 10.1 Å². The minimum Gasteiger partial charge on any atom is -0.378 e. The Kier molecular flexibility index (Phi) is 5.49. The van der Waals surface area contributed by atoms with Gasteiger partial charge in [0.2, 0.25) is 0 Å². The van der Waals surface area contributed by atoms with Crippen molar-refractivity contribution in [3.63, 3.8) is 0 Å². The molecule has 1 heterocycles. The number of hydrogen-bond acceptors (Lipinski definition) is 2. The quantitative estimate of drug-likeness (QED) is 0.687. The highest BCUT2D eigenvalue weighted by Gasteiger charge is 2.18. The summed E-state index contributed by atoms with van der Waals surface area (Å²) in [6, 6.07) is 0.638. The molecule has 2 heteroatoms. The molecule has 2 atom stereocenters. The lowest BCUT2D eigenvalue weighted by Crippen LogP contribution is -2.39. The fraction of sp³-hybridized carbons (Fsp3) is 1.00. The van der Waals surface area contributed by atoms with E-state index in [2.05, 4.69) is 26.1 Å². The number of ether oxygens (including phenoxy) is 1. The standard InChI is InChI=1S/C12H25NO/c1-10(2)5-4-8-14-12-6-7-13-11(3)9-12/h10-13H,4-9H2,1-3H3. The largest absolute Gasteiger partial charge is 0.378 e. The third-order valence-electron chi connectivity index (χ3n) is 2.85. The first-order chi connectivity index (χ1) is 6.68. The molecule has 1 rings (SSSR count). The van der Waals surface area contributed by atoms with E-state index in [0.717, 1.165) is 19.1 Å². The fourth-order valence-corrected chi connectivity index (χ4v) is 1.98. The van der Waals surface area contributed by atoms with Crippen molar-refractivity contribution in [2.45, 2.75) is 58.6 Å². The van der Waals surface area contributed by atoms with Crippen LogP contribution in [0.3, 0.4) is 0 Å². The molecule has 0 aromatic heterocycles. The van der Waals surface area contributed by atoms with E-state index in [0.29, 0.717) is 12.1 Å². The maximum absolute atomic E-state index is 5.86. The molecule has 1 N–H and O–H groups in total. The Morgan fingerprint density at radius 2 is 2.21 bits per heavy atom. The van der Waals surface area contributed by atoms with Crippen LogP contribution in [0.2, 0.25) is 0 Å². The first-order valence-corrected chi connectivity index (χ1v) is 6.03. The van der Waals surface area contributed by atoms with Gasteiger partial charge in [0, 0.05) is 12.6 Å². The monoisotopic (exact) mass is 199 g/mol. The summed E-state index contributed by atoms with van der Waals surface area (Å²) in [5, 5.41) is 3.44. The third kappa shape index (κ3) is 4.97. The lowest BCUT2D eigenvalue weighted by Gasteiger charge is -2.28. The second kappa shape index (κ2) is 6.41. The molecule has 1 aliphatic rings. The molecule has 1 saturated heterocycles. The molecular formula is C12H25NO. The molecule has 2 unspecified atom stereocenters. The van der Waals surface area contributed by atoms with Gasteiger partial charge in [-0.3, -0.25) is 0 Å². The van der Waals surface area contributed by atoms with E-state index >= 15 is 0 Å². The Morgan fingerprint density at radius 1 is 1.43 bits per heavy atom. The van der Waals surface area contributed by atoms with Crippen LogP contribution in [0.4, 0.5) is 0 Å². The van der Waals surface area contributed by atoms with Gasteiger partial charge in [-0.2, -0.15) is 0 Å². The number of hydrogen-bond donors (Lipinski definition) is 1. The fourth-order valence-electron chi connectivity index (χ4n) is 1.98. The van der Waals surface area contributed by atoms with Crippen molar-refractivity contribution < 1.29 is 4.74 Å². The molecule has 1 aliphatic heterocycles. The van der Waals surface area contributed by atoms with E-state index in [4.69, 9.17) is 4.74 Å². The summed E-state index contributed by atoms with van der Waals surface area (Å²) in [6.07, 6.45) is 5.39. The summed E-state index contributed by atoms with van der Waals surface area (Å²) in [4.78, 5) is 0. The summed E-state index contributed by atoms with van der Waals surface area (Å²) in [7, 11) is 0. The van der Waals surface area contributed by atoms with Crippen LogP contribution in [0.5, 0.6) is 0 Å². The van der Waals surface area contributed by atoms with Crippen LogP contribution < -0.4 is 5.32 Å². The van der Waals surface area contributed by atoms with Crippen molar-refractivity contribution in [1.82, 2.24) is 5.32 Å². The minimum atomic E-state index is 0.512. The number of nitrogens with one attached hydrogen (secondary N) is 1. The van der Waals surface area contributed by atoms with Crippen molar-refractivity contribution in [1.29, 1.82) is 0 Å². The summed E-state index contributed by atoms with van der Waals surface area (Å²) in [5.41, 5.74) is 0. The predicted molar refractivity (Wildman–Crippen MR) is 60.5 cm³/mol. The van der Waals surface area contributed by atoms with Crippen molar-refractivity contribution in [3.05, 3.63) is 0 Å². The Hall–Kier alpha value is -0.0800. The molecule has 0 amide bonds. The minimum absolute atomic E-state index is 0.512. The zero-order valence-corrected chi connectivity index (χ0v) is 9.88. The number of rotatable bonds is 5. The second-order valence-electron chi connectivity index (χ2n) is 4.91. The van der Waals surface area contributed by atoms with Crippen LogP contribution in [0.1, 0.15) is 46.5 Å². The van der Waals surface area contributed by atoms with Gasteiger partial charge in [0.25, 0.3) is 0 Å². The van der Waals surface area contributed by atoms with Crippen molar-refractivity contribution >= 4 is 0 Å². The molecule has 0 radical (unpaired) electrons. The summed E-state index contributed by atoms with van der Waals surface area (Å²) in [5.74, 6) is 0.811. The maximum Gasteiger partial charge on any atom is 0.0602 e. The molecule has 84 valence electrons. The second-order valence-corrected chi connectivity index (χ2v) is 4.91. The van der Waals surface area contributed by atoms with Crippen LogP contribution >= 0.6 is 0 Å². The molecule has 0 spiro atoms. The van der Waals surface area contributed by atoms with E-state index in [9.17, 15) is 0 Å². The Labute approximate surface area is 88.4 Å². The van der Waals surface area contributed by atoms with E-state index < -0.39 is 0 Å². The van der Waals surface area contributed by atoms with Crippen molar-refractivity contribution in [2.24, 2.45) is 5.92 Å². The lowest BCUT2D eigenvalue weighted by atomic mass is 10.0. The zero-order chi connectivity index (χ0) is 10.4. The van der Waals surface area contributed by atoms with E-state index in [1.807, 2.05) is 0 Å². The highest BCUT2D eigenvalue weighted by atomic mass is 16.5. The van der Waals surface area contributed by atoms with Crippen LogP contribution in [-0.4, -0.2) is 25.3 Å². The molecule has 0 aromatic carbocycles. The van der Waals surface area contributed by atoms with Gasteiger partial charge in [0.05, 0.1) is 6.10 Å². The summed E-state index contributed by atoms with van der Waals surface area (Å²) in [6.45, 7) is 8.86. The predicted octanol–water partition coefficient (Wildman–Crippen LogP) is 2.58. The van der Waals surface area contributed by atoms with Gasteiger partial charge in [0.1, 0.15) is 0 Å². The van der Waals surface area contributed by atoms with Gasteiger partial charge in [-0.1, -0.05) is 13.8 Å². The van der Waals surface area contributed by atoms with Crippen molar-refractivity contribution in [3.8, 4) is 0 Å². The summed E-state index contributed by atoms with van der Waals surface area (Å²) >= 11 is 0. The van der Waals surface area contributed by atoms with Crippen LogP contribution in [0, 0.1) is 5.92 Å².